The van der Waals surface area contributed by atoms with Crippen LogP contribution in [0.1, 0.15) is 47.3 Å². The van der Waals surface area contributed by atoms with E-state index in [4.69, 9.17) is 9.84 Å². The number of halogens is 1. The summed E-state index contributed by atoms with van der Waals surface area (Å²) < 4.78 is 20.6. The molecule has 1 aromatic carbocycles. The van der Waals surface area contributed by atoms with Gasteiger partial charge in [0.1, 0.15) is 11.9 Å². The van der Waals surface area contributed by atoms with Crippen LogP contribution in [0.3, 0.4) is 0 Å². The van der Waals surface area contributed by atoms with Crippen molar-refractivity contribution in [3.63, 3.8) is 0 Å². The highest BCUT2D eigenvalue weighted by molar-refractivity contribution is 5.98. The van der Waals surface area contributed by atoms with Crippen molar-refractivity contribution in [2.45, 2.75) is 52.4 Å². The van der Waals surface area contributed by atoms with Crippen molar-refractivity contribution < 1.29 is 19.0 Å². The lowest BCUT2D eigenvalue weighted by molar-refractivity contribution is -0.107. The monoisotopic (exact) mass is 410 g/mol. The first-order chi connectivity index (χ1) is 14.5. The Balaban J connectivity index is 1.95. The Hall–Kier alpha value is -2.73. The number of H-pyrrole nitrogens is 1. The smallest absolute Gasteiger partial charge is 0.165 e. The molecular formula is C24H27FN2O3. The maximum atomic E-state index is 15.0. The Morgan fingerprint density at radius 2 is 2.13 bits per heavy atom. The van der Waals surface area contributed by atoms with Crippen LogP contribution in [0.2, 0.25) is 0 Å². The van der Waals surface area contributed by atoms with Crippen LogP contribution in [0.25, 0.3) is 22.2 Å². The number of ether oxygens (including phenoxy) is 1. The van der Waals surface area contributed by atoms with Crippen molar-refractivity contribution in [3.8, 4) is 16.9 Å². The topological polar surface area (TPSA) is 75.2 Å². The van der Waals surface area contributed by atoms with Gasteiger partial charge in [0.2, 0.25) is 0 Å². The highest BCUT2D eigenvalue weighted by Crippen LogP contribution is 2.41. The number of carbonyl (C=O) groups excluding carboxylic acids is 1. The number of nitrogens with one attached hydrogen (secondary N) is 1. The maximum Gasteiger partial charge on any atom is 0.165 e. The lowest BCUT2D eigenvalue weighted by Gasteiger charge is -2.23. The summed E-state index contributed by atoms with van der Waals surface area (Å²) in [5.74, 6) is 0.00361. The van der Waals surface area contributed by atoms with Crippen LogP contribution in [0.4, 0.5) is 4.39 Å². The third-order valence-electron chi connectivity index (χ3n) is 5.99. The number of aromatic nitrogens is 2. The molecule has 2 aromatic heterocycles. The molecule has 1 aliphatic rings. The molecule has 0 spiro atoms. The second-order valence-electron chi connectivity index (χ2n) is 7.95. The molecule has 6 heteroatoms. The van der Waals surface area contributed by atoms with E-state index in [0.29, 0.717) is 12.4 Å². The molecule has 30 heavy (non-hydrogen) atoms. The quantitative estimate of drug-likeness (QED) is 0.448. The number of rotatable bonds is 7. The van der Waals surface area contributed by atoms with E-state index in [-0.39, 0.29) is 18.8 Å². The van der Waals surface area contributed by atoms with E-state index in [0.717, 1.165) is 88.6 Å². The molecule has 0 bridgehead atoms. The van der Waals surface area contributed by atoms with Gasteiger partial charge in [-0.25, -0.2) is 9.37 Å². The van der Waals surface area contributed by atoms with Crippen LogP contribution in [-0.4, -0.2) is 34.6 Å². The zero-order chi connectivity index (χ0) is 21.3. The van der Waals surface area contributed by atoms with Gasteiger partial charge in [-0.05, 0) is 80.3 Å². The molecule has 3 heterocycles. The van der Waals surface area contributed by atoms with E-state index in [1.54, 1.807) is 6.07 Å². The van der Waals surface area contributed by atoms with Crippen molar-refractivity contribution in [1.82, 2.24) is 9.97 Å². The average molecular weight is 410 g/mol. The number of aryl methyl sites for hydroxylation is 2. The average Bonchev–Trinajstić information content (AvgIpc) is 3.14. The molecule has 2 N–H and O–H groups in total. The standard InChI is InChI=1S/C24H27FN2O3/c1-14-17-7-5-11-30-23(17)21(25)13-19(14)22-18(8-10-29)15(2)26-24-20(22)12-16(27-24)6-3-4-9-28/h10,12-13,28H,3-9,11H2,1-2H3,(H,26,27). The molecule has 1 aliphatic heterocycles. The van der Waals surface area contributed by atoms with Gasteiger partial charge in [-0.15, -0.1) is 0 Å². The van der Waals surface area contributed by atoms with Gasteiger partial charge in [-0.3, -0.25) is 0 Å². The summed E-state index contributed by atoms with van der Waals surface area (Å²) in [5, 5.41) is 9.96. The Bertz CT molecular complexity index is 1100. The number of aldehydes is 1. The summed E-state index contributed by atoms with van der Waals surface area (Å²) >= 11 is 0. The van der Waals surface area contributed by atoms with Gasteiger partial charge in [0.05, 0.1) is 6.61 Å². The van der Waals surface area contributed by atoms with Crippen molar-refractivity contribution in [2.24, 2.45) is 0 Å². The fraction of sp³-hybridized carbons (Fsp3) is 0.417. The molecule has 158 valence electrons. The molecule has 4 rings (SSSR count). The molecule has 0 saturated heterocycles. The summed E-state index contributed by atoms with van der Waals surface area (Å²) in [4.78, 5) is 19.5. The van der Waals surface area contributed by atoms with E-state index in [2.05, 4.69) is 16.0 Å². The van der Waals surface area contributed by atoms with E-state index in [9.17, 15) is 9.18 Å². The second-order valence-corrected chi connectivity index (χ2v) is 7.95. The highest BCUT2D eigenvalue weighted by atomic mass is 19.1. The van der Waals surface area contributed by atoms with Gasteiger partial charge < -0.3 is 19.6 Å². The van der Waals surface area contributed by atoms with Gasteiger partial charge in [0.15, 0.2) is 11.6 Å². The largest absolute Gasteiger partial charge is 0.490 e. The van der Waals surface area contributed by atoms with Crippen LogP contribution in [0, 0.1) is 19.7 Å². The molecule has 5 nitrogen and oxygen atoms in total. The van der Waals surface area contributed by atoms with Crippen molar-refractivity contribution in [2.75, 3.05) is 13.2 Å². The lowest BCUT2D eigenvalue weighted by Crippen LogP contribution is -2.12. The molecular weight excluding hydrogens is 383 g/mol. The Labute approximate surface area is 175 Å². The molecule has 0 unspecified atom stereocenters. The van der Waals surface area contributed by atoms with Gasteiger partial charge in [-0.2, -0.15) is 0 Å². The second kappa shape index (κ2) is 8.56. The normalized spacial score (nSPS) is 13.3. The summed E-state index contributed by atoms with van der Waals surface area (Å²) in [6.07, 6.45) is 5.14. The Morgan fingerprint density at radius 3 is 2.90 bits per heavy atom. The minimum atomic E-state index is -0.358. The molecule has 0 radical (unpaired) electrons. The van der Waals surface area contributed by atoms with Gasteiger partial charge in [0, 0.05) is 35.4 Å². The van der Waals surface area contributed by atoms with Gasteiger partial charge in [0.25, 0.3) is 0 Å². The molecule has 3 aromatic rings. The predicted octanol–water partition coefficient (Wildman–Crippen LogP) is 4.37. The first-order valence-corrected chi connectivity index (χ1v) is 10.6. The zero-order valence-corrected chi connectivity index (χ0v) is 17.5. The minimum Gasteiger partial charge on any atom is -0.490 e. The Kier molecular flexibility index (Phi) is 5.86. The minimum absolute atomic E-state index is 0.169. The van der Waals surface area contributed by atoms with Crippen LogP contribution in [0.15, 0.2) is 12.1 Å². The number of aromatic amines is 1. The number of pyridine rings is 1. The van der Waals surface area contributed by atoms with E-state index < -0.39 is 0 Å². The number of fused-ring (bicyclic) bond motifs is 2. The number of aliphatic hydroxyl groups excluding tert-OH is 1. The fourth-order valence-corrected chi connectivity index (χ4v) is 4.48. The first kappa shape index (κ1) is 20.5. The van der Waals surface area contributed by atoms with Crippen LogP contribution >= 0.6 is 0 Å². The Morgan fingerprint density at radius 1 is 1.30 bits per heavy atom. The van der Waals surface area contributed by atoms with E-state index in [1.165, 1.54) is 0 Å². The number of benzene rings is 1. The van der Waals surface area contributed by atoms with Crippen molar-refractivity contribution in [1.29, 1.82) is 0 Å². The highest BCUT2D eigenvalue weighted by Gasteiger charge is 2.24. The predicted molar refractivity (Wildman–Crippen MR) is 115 cm³/mol. The molecule has 0 saturated carbocycles. The van der Waals surface area contributed by atoms with Crippen LogP contribution < -0.4 is 4.74 Å². The summed E-state index contributed by atoms with van der Waals surface area (Å²) in [6, 6.07) is 3.59. The van der Waals surface area contributed by atoms with Crippen LogP contribution in [0.5, 0.6) is 5.75 Å². The summed E-state index contributed by atoms with van der Waals surface area (Å²) in [6.45, 7) is 4.60. The number of unbranched alkanes of at least 4 members (excludes halogenated alkanes) is 1. The summed E-state index contributed by atoms with van der Waals surface area (Å²) in [7, 11) is 0. The molecule has 0 amide bonds. The van der Waals surface area contributed by atoms with Crippen LogP contribution in [-0.2, 0) is 24.1 Å². The third kappa shape index (κ3) is 3.60. The van der Waals surface area contributed by atoms with Gasteiger partial charge in [-0.1, -0.05) is 0 Å². The number of hydrogen-bond acceptors (Lipinski definition) is 4. The maximum absolute atomic E-state index is 15.0. The molecule has 0 atom stereocenters. The van der Waals surface area contributed by atoms with Crippen molar-refractivity contribution in [3.05, 3.63) is 46.0 Å². The third-order valence-corrected chi connectivity index (χ3v) is 5.99. The fourth-order valence-electron chi connectivity index (χ4n) is 4.48. The number of carbonyl (C=O) groups is 1. The zero-order valence-electron chi connectivity index (χ0n) is 17.5. The SMILES string of the molecule is Cc1nc2[nH]c(CCCCO)cc2c(-c2cc(F)c3c(c2C)CCCO3)c1CC=O. The first-order valence-electron chi connectivity index (χ1n) is 10.6. The van der Waals surface area contributed by atoms with Gasteiger partial charge >= 0.3 is 0 Å². The van der Waals surface area contributed by atoms with Crippen molar-refractivity contribution >= 4 is 17.3 Å². The van der Waals surface area contributed by atoms with E-state index >= 15 is 0 Å². The molecule has 0 aliphatic carbocycles. The number of hydrogen-bond donors (Lipinski definition) is 2. The lowest BCUT2D eigenvalue weighted by atomic mass is 9.87. The van der Waals surface area contributed by atoms with E-state index in [1.807, 2.05) is 13.8 Å². The number of aliphatic hydroxyl groups is 1. The number of nitrogens with zero attached hydrogens (tertiary/aromatic N) is 1. The summed E-state index contributed by atoms with van der Waals surface area (Å²) in [5.41, 5.74) is 6.94. The molecule has 0 fully saturated rings.